The van der Waals surface area contributed by atoms with Gasteiger partial charge in [-0.15, -0.1) is 10.2 Å². The molecule has 1 aromatic carbocycles. The van der Waals surface area contributed by atoms with Crippen LogP contribution in [0.15, 0.2) is 35.1 Å². The summed E-state index contributed by atoms with van der Waals surface area (Å²) in [5.74, 6) is 0.933. The van der Waals surface area contributed by atoms with E-state index in [9.17, 15) is 4.79 Å². The van der Waals surface area contributed by atoms with Crippen LogP contribution in [0.25, 0.3) is 11.5 Å². The molecule has 0 bridgehead atoms. The van der Waals surface area contributed by atoms with E-state index >= 15 is 0 Å². The van der Waals surface area contributed by atoms with E-state index in [0.29, 0.717) is 11.8 Å². The van der Waals surface area contributed by atoms with E-state index in [1.54, 1.807) is 0 Å². The first-order valence-corrected chi connectivity index (χ1v) is 6.62. The Balaban J connectivity index is 1.68. The van der Waals surface area contributed by atoms with Crippen LogP contribution in [0.3, 0.4) is 0 Å². The van der Waals surface area contributed by atoms with E-state index < -0.39 is 0 Å². The minimum absolute atomic E-state index is 0.0330. The molecule has 1 aromatic heterocycles. The van der Waals surface area contributed by atoms with Crippen LogP contribution in [0, 0.1) is 11.8 Å². The number of aromatic nitrogens is 2. The lowest BCUT2D eigenvalue weighted by molar-refractivity contribution is -0.120. The average molecular weight is 272 g/mol. The lowest BCUT2D eigenvalue weighted by atomic mass is 9.97. The number of anilines is 1. The molecule has 104 valence electrons. The van der Waals surface area contributed by atoms with Crippen LogP contribution in [0.4, 0.5) is 5.69 Å². The van der Waals surface area contributed by atoms with Crippen LogP contribution in [0.1, 0.15) is 6.92 Å². The van der Waals surface area contributed by atoms with Gasteiger partial charge in [-0.2, -0.15) is 0 Å². The van der Waals surface area contributed by atoms with Crippen LogP contribution >= 0.6 is 0 Å². The third kappa shape index (κ3) is 2.55. The Bertz CT molecular complexity index is 580. The summed E-state index contributed by atoms with van der Waals surface area (Å²) in [5.41, 5.74) is 1.61. The van der Waals surface area contributed by atoms with Gasteiger partial charge >= 0.3 is 0 Å². The van der Waals surface area contributed by atoms with Gasteiger partial charge in [0.1, 0.15) is 0 Å². The van der Waals surface area contributed by atoms with Crippen molar-refractivity contribution in [2.75, 3.05) is 18.4 Å². The molecule has 1 fully saturated rings. The van der Waals surface area contributed by atoms with Gasteiger partial charge in [-0.1, -0.05) is 6.92 Å². The first-order chi connectivity index (χ1) is 9.74. The summed E-state index contributed by atoms with van der Waals surface area (Å²) in [7, 11) is 0. The molecule has 1 saturated heterocycles. The van der Waals surface area contributed by atoms with Crippen molar-refractivity contribution in [1.29, 1.82) is 0 Å². The van der Waals surface area contributed by atoms with Crippen molar-refractivity contribution in [3.05, 3.63) is 30.7 Å². The van der Waals surface area contributed by atoms with Crippen LogP contribution in [-0.4, -0.2) is 29.2 Å². The standard InChI is InChI=1S/C14H16N4O2/c1-9-6-15-7-12(9)13(19)17-11-4-2-10(3-5-11)14-18-16-8-20-14/h2-5,8-9,12,15H,6-7H2,1H3,(H,17,19). The number of hydrogen-bond acceptors (Lipinski definition) is 5. The quantitative estimate of drug-likeness (QED) is 0.885. The molecule has 2 atom stereocenters. The molecule has 2 N–H and O–H groups in total. The maximum atomic E-state index is 12.1. The smallest absolute Gasteiger partial charge is 0.247 e. The SMILES string of the molecule is CC1CNCC1C(=O)Nc1ccc(-c2nnco2)cc1. The molecule has 1 aliphatic heterocycles. The van der Waals surface area contributed by atoms with Crippen LogP contribution in [-0.2, 0) is 4.79 Å². The Morgan fingerprint density at radius 2 is 2.15 bits per heavy atom. The van der Waals surface area contributed by atoms with Crippen LogP contribution in [0.2, 0.25) is 0 Å². The minimum atomic E-state index is 0.0330. The molecule has 0 spiro atoms. The first-order valence-electron chi connectivity index (χ1n) is 6.62. The number of hydrogen-bond donors (Lipinski definition) is 2. The second kappa shape index (κ2) is 5.42. The van der Waals surface area contributed by atoms with E-state index in [1.807, 2.05) is 24.3 Å². The minimum Gasteiger partial charge on any atom is -0.423 e. The van der Waals surface area contributed by atoms with Crippen molar-refractivity contribution in [3.63, 3.8) is 0 Å². The van der Waals surface area contributed by atoms with E-state index in [0.717, 1.165) is 24.3 Å². The zero-order valence-electron chi connectivity index (χ0n) is 11.2. The van der Waals surface area contributed by atoms with Crippen molar-refractivity contribution in [1.82, 2.24) is 15.5 Å². The fourth-order valence-corrected chi connectivity index (χ4v) is 2.39. The van der Waals surface area contributed by atoms with E-state index in [1.165, 1.54) is 6.39 Å². The van der Waals surface area contributed by atoms with Gasteiger partial charge in [0, 0.05) is 17.8 Å². The second-order valence-corrected chi connectivity index (χ2v) is 5.05. The molecule has 6 heteroatoms. The molecular weight excluding hydrogens is 256 g/mol. The molecular formula is C14H16N4O2. The third-order valence-electron chi connectivity index (χ3n) is 3.61. The lowest BCUT2D eigenvalue weighted by Crippen LogP contribution is -2.27. The number of nitrogens with one attached hydrogen (secondary N) is 2. The Morgan fingerprint density at radius 1 is 1.35 bits per heavy atom. The summed E-state index contributed by atoms with van der Waals surface area (Å²) in [6.45, 7) is 3.73. The summed E-state index contributed by atoms with van der Waals surface area (Å²) in [4.78, 5) is 12.1. The van der Waals surface area contributed by atoms with Gasteiger partial charge < -0.3 is 15.1 Å². The molecule has 20 heavy (non-hydrogen) atoms. The third-order valence-corrected chi connectivity index (χ3v) is 3.61. The second-order valence-electron chi connectivity index (χ2n) is 5.05. The maximum Gasteiger partial charge on any atom is 0.247 e. The molecule has 1 aliphatic rings. The molecule has 2 aromatic rings. The van der Waals surface area contributed by atoms with Gasteiger partial charge in [0.2, 0.25) is 18.2 Å². The first kappa shape index (κ1) is 12.8. The summed E-state index contributed by atoms with van der Waals surface area (Å²) in [6, 6.07) is 7.37. The van der Waals surface area contributed by atoms with Gasteiger partial charge in [0.15, 0.2) is 0 Å². The number of carbonyl (C=O) groups is 1. The predicted octanol–water partition coefficient (Wildman–Crippen LogP) is 1.53. The van der Waals surface area contributed by atoms with Gasteiger partial charge in [-0.3, -0.25) is 4.79 Å². The Kier molecular flexibility index (Phi) is 3.47. The summed E-state index contributed by atoms with van der Waals surface area (Å²) >= 11 is 0. The van der Waals surface area contributed by atoms with Gasteiger partial charge in [0.25, 0.3) is 0 Å². The predicted molar refractivity (Wildman–Crippen MR) is 73.9 cm³/mol. The van der Waals surface area contributed by atoms with Crippen molar-refractivity contribution in [2.24, 2.45) is 11.8 Å². The van der Waals surface area contributed by atoms with Gasteiger partial charge in [-0.25, -0.2) is 0 Å². The topological polar surface area (TPSA) is 80.0 Å². The maximum absolute atomic E-state index is 12.1. The highest BCUT2D eigenvalue weighted by Gasteiger charge is 2.29. The van der Waals surface area contributed by atoms with Crippen molar-refractivity contribution in [3.8, 4) is 11.5 Å². The number of rotatable bonds is 3. The molecule has 2 heterocycles. The van der Waals surface area contributed by atoms with E-state index in [4.69, 9.17) is 4.42 Å². The zero-order chi connectivity index (χ0) is 13.9. The highest BCUT2D eigenvalue weighted by molar-refractivity contribution is 5.93. The fourth-order valence-electron chi connectivity index (χ4n) is 2.39. The molecule has 1 amide bonds. The van der Waals surface area contributed by atoms with Gasteiger partial charge in [0.05, 0.1) is 5.92 Å². The molecule has 0 aliphatic carbocycles. The molecule has 2 unspecified atom stereocenters. The lowest BCUT2D eigenvalue weighted by Gasteiger charge is -2.14. The van der Waals surface area contributed by atoms with Crippen LogP contribution < -0.4 is 10.6 Å². The van der Waals surface area contributed by atoms with Crippen molar-refractivity contribution in [2.45, 2.75) is 6.92 Å². The van der Waals surface area contributed by atoms with Crippen molar-refractivity contribution < 1.29 is 9.21 Å². The number of carbonyl (C=O) groups excluding carboxylic acids is 1. The largest absolute Gasteiger partial charge is 0.423 e. The Morgan fingerprint density at radius 3 is 2.75 bits per heavy atom. The van der Waals surface area contributed by atoms with E-state index in [2.05, 4.69) is 27.8 Å². The number of nitrogens with zero attached hydrogens (tertiary/aromatic N) is 2. The Hall–Kier alpha value is -2.21. The zero-order valence-corrected chi connectivity index (χ0v) is 11.2. The summed E-state index contributed by atoms with van der Waals surface area (Å²) < 4.78 is 5.12. The molecule has 0 radical (unpaired) electrons. The monoisotopic (exact) mass is 272 g/mol. The number of amides is 1. The van der Waals surface area contributed by atoms with E-state index in [-0.39, 0.29) is 11.8 Å². The Labute approximate surface area is 116 Å². The fraction of sp³-hybridized carbons (Fsp3) is 0.357. The average Bonchev–Trinajstić information content (AvgIpc) is 3.10. The van der Waals surface area contributed by atoms with Gasteiger partial charge in [-0.05, 0) is 36.7 Å². The molecule has 0 saturated carbocycles. The number of benzene rings is 1. The normalized spacial score (nSPS) is 21.9. The molecule has 3 rings (SSSR count). The highest BCUT2D eigenvalue weighted by atomic mass is 16.4. The molecule has 6 nitrogen and oxygen atoms in total. The van der Waals surface area contributed by atoms with Crippen molar-refractivity contribution >= 4 is 11.6 Å². The summed E-state index contributed by atoms with van der Waals surface area (Å²) in [6.07, 6.45) is 1.29. The highest BCUT2D eigenvalue weighted by Crippen LogP contribution is 2.21. The summed E-state index contributed by atoms with van der Waals surface area (Å²) in [5, 5.41) is 13.6. The van der Waals surface area contributed by atoms with Crippen LogP contribution in [0.5, 0.6) is 0 Å².